The number of likely N-dealkylation sites (N-methyl/N-ethyl adjacent to an activating group) is 1. The van der Waals surface area contributed by atoms with Crippen LogP contribution in [-0.4, -0.2) is 24.9 Å². The molecule has 0 aliphatic carbocycles. The molecule has 0 radical (unpaired) electrons. The molecule has 4 heteroatoms. The van der Waals surface area contributed by atoms with Crippen molar-refractivity contribution in [2.24, 2.45) is 0 Å². The lowest BCUT2D eigenvalue weighted by atomic mass is 10.1. The molecule has 0 saturated carbocycles. The highest BCUT2D eigenvalue weighted by molar-refractivity contribution is 5.87. The molecule has 0 spiro atoms. The molecule has 0 saturated heterocycles. The number of carbonyl (C=O) groups excluding carboxylic acids is 2. The highest BCUT2D eigenvalue weighted by Crippen LogP contribution is 2.03. The first kappa shape index (κ1) is 13.2. The number of hydrogen-bond donors (Lipinski definition) is 2. The second-order valence-electron chi connectivity index (χ2n) is 3.78. The first-order valence-corrected chi connectivity index (χ1v) is 5.72. The second kappa shape index (κ2) is 6.68. The van der Waals surface area contributed by atoms with Gasteiger partial charge in [-0.05, 0) is 5.56 Å². The fraction of sp³-hybridized carbons (Fsp3) is 0.385. The van der Waals surface area contributed by atoms with E-state index >= 15 is 0 Å². The second-order valence-corrected chi connectivity index (χ2v) is 3.78. The molecule has 0 aliphatic heterocycles. The van der Waals surface area contributed by atoms with Gasteiger partial charge in [0.2, 0.25) is 11.8 Å². The van der Waals surface area contributed by atoms with Gasteiger partial charge in [0, 0.05) is 19.9 Å². The maximum absolute atomic E-state index is 11.6. The van der Waals surface area contributed by atoms with Gasteiger partial charge >= 0.3 is 0 Å². The van der Waals surface area contributed by atoms with Gasteiger partial charge < -0.3 is 10.6 Å². The third-order valence-electron chi connectivity index (χ3n) is 2.50. The molecule has 1 atom stereocenters. The van der Waals surface area contributed by atoms with Gasteiger partial charge in [0.1, 0.15) is 6.04 Å². The van der Waals surface area contributed by atoms with Gasteiger partial charge in [0.05, 0.1) is 0 Å². The molecule has 0 heterocycles. The molecule has 2 N–H and O–H groups in total. The summed E-state index contributed by atoms with van der Waals surface area (Å²) >= 11 is 0. The van der Waals surface area contributed by atoms with Crippen LogP contribution in [0.15, 0.2) is 30.3 Å². The standard InChI is InChI=1S/C13H18N2O2/c1-3-12(16)15-11(13(17)14-2)9-10-7-5-4-6-8-10/h4-8,11H,3,9H2,1-2H3,(H,14,17)(H,15,16). The molecule has 1 aromatic carbocycles. The smallest absolute Gasteiger partial charge is 0.242 e. The summed E-state index contributed by atoms with van der Waals surface area (Å²) in [6, 6.07) is 9.12. The quantitative estimate of drug-likeness (QED) is 0.794. The normalized spacial score (nSPS) is 11.6. The van der Waals surface area contributed by atoms with E-state index in [1.807, 2.05) is 30.3 Å². The summed E-state index contributed by atoms with van der Waals surface area (Å²) in [6.45, 7) is 1.76. The van der Waals surface area contributed by atoms with Gasteiger partial charge in [-0.2, -0.15) is 0 Å². The van der Waals surface area contributed by atoms with E-state index < -0.39 is 6.04 Å². The fourth-order valence-electron chi connectivity index (χ4n) is 1.53. The zero-order valence-electron chi connectivity index (χ0n) is 10.2. The SMILES string of the molecule is CCC(=O)NC(Cc1ccccc1)C(=O)NC. The number of hydrogen-bond acceptors (Lipinski definition) is 2. The van der Waals surface area contributed by atoms with Crippen molar-refractivity contribution in [1.29, 1.82) is 0 Å². The third kappa shape index (κ3) is 4.26. The van der Waals surface area contributed by atoms with E-state index in [-0.39, 0.29) is 11.8 Å². The Labute approximate surface area is 101 Å². The van der Waals surface area contributed by atoms with Gasteiger partial charge in [-0.3, -0.25) is 9.59 Å². The highest BCUT2D eigenvalue weighted by Gasteiger charge is 2.18. The molecule has 0 fully saturated rings. The van der Waals surface area contributed by atoms with Gasteiger partial charge in [-0.25, -0.2) is 0 Å². The molecule has 2 amide bonds. The monoisotopic (exact) mass is 234 g/mol. The molecule has 92 valence electrons. The Morgan fingerprint density at radius 2 is 1.88 bits per heavy atom. The summed E-state index contributed by atoms with van der Waals surface area (Å²) in [5, 5.41) is 5.28. The molecule has 1 unspecified atom stereocenters. The first-order valence-electron chi connectivity index (χ1n) is 5.72. The Kier molecular flexibility index (Phi) is 5.20. The lowest BCUT2D eigenvalue weighted by Gasteiger charge is -2.16. The van der Waals surface area contributed by atoms with E-state index in [0.29, 0.717) is 12.8 Å². The minimum atomic E-state index is -0.505. The first-order chi connectivity index (χ1) is 8.17. The van der Waals surface area contributed by atoms with Crippen LogP contribution >= 0.6 is 0 Å². The lowest BCUT2D eigenvalue weighted by Crippen LogP contribution is -2.46. The van der Waals surface area contributed by atoms with Gasteiger partial charge in [0.25, 0.3) is 0 Å². The lowest BCUT2D eigenvalue weighted by molar-refractivity contribution is -0.128. The summed E-state index contributed by atoms with van der Waals surface area (Å²) in [5.41, 5.74) is 1.03. The number of rotatable bonds is 5. The molecular weight excluding hydrogens is 216 g/mol. The van der Waals surface area contributed by atoms with Crippen LogP contribution in [0.1, 0.15) is 18.9 Å². The Balaban J connectivity index is 2.70. The van der Waals surface area contributed by atoms with Crippen LogP contribution in [0.5, 0.6) is 0 Å². The van der Waals surface area contributed by atoms with Crippen molar-refractivity contribution in [1.82, 2.24) is 10.6 Å². The predicted molar refractivity (Wildman–Crippen MR) is 66.4 cm³/mol. The number of benzene rings is 1. The van der Waals surface area contributed by atoms with Crippen molar-refractivity contribution >= 4 is 11.8 Å². The van der Waals surface area contributed by atoms with E-state index in [4.69, 9.17) is 0 Å². The van der Waals surface area contributed by atoms with E-state index in [1.165, 1.54) is 0 Å². The van der Waals surface area contributed by atoms with Crippen LogP contribution in [0.25, 0.3) is 0 Å². The average molecular weight is 234 g/mol. The molecule has 1 rings (SSSR count). The van der Waals surface area contributed by atoms with Crippen molar-refractivity contribution in [2.75, 3.05) is 7.05 Å². The van der Waals surface area contributed by atoms with Crippen molar-refractivity contribution < 1.29 is 9.59 Å². The van der Waals surface area contributed by atoms with Crippen LogP contribution in [0.2, 0.25) is 0 Å². The van der Waals surface area contributed by atoms with Gasteiger partial charge in [0.15, 0.2) is 0 Å². The summed E-state index contributed by atoms with van der Waals surface area (Å²) in [5.74, 6) is -0.287. The van der Waals surface area contributed by atoms with Crippen LogP contribution in [0, 0.1) is 0 Å². The van der Waals surface area contributed by atoms with Gasteiger partial charge in [-0.15, -0.1) is 0 Å². The average Bonchev–Trinajstić information content (AvgIpc) is 2.38. The van der Waals surface area contributed by atoms with Crippen molar-refractivity contribution in [3.8, 4) is 0 Å². The highest BCUT2D eigenvalue weighted by atomic mass is 16.2. The van der Waals surface area contributed by atoms with Crippen LogP contribution < -0.4 is 10.6 Å². The largest absolute Gasteiger partial charge is 0.357 e. The van der Waals surface area contributed by atoms with Crippen molar-refractivity contribution in [3.63, 3.8) is 0 Å². The molecule has 0 aliphatic rings. The zero-order chi connectivity index (χ0) is 12.7. The predicted octanol–water partition coefficient (Wildman–Crippen LogP) is 0.870. The fourth-order valence-corrected chi connectivity index (χ4v) is 1.53. The van der Waals surface area contributed by atoms with Crippen LogP contribution in [0.3, 0.4) is 0 Å². The molecular formula is C13H18N2O2. The van der Waals surface area contributed by atoms with Gasteiger partial charge in [-0.1, -0.05) is 37.3 Å². The third-order valence-corrected chi connectivity index (χ3v) is 2.50. The molecule has 4 nitrogen and oxygen atoms in total. The number of amides is 2. The summed E-state index contributed by atoms with van der Waals surface area (Å²) in [6.07, 6.45) is 0.883. The number of carbonyl (C=O) groups is 2. The van der Waals surface area contributed by atoms with E-state index in [9.17, 15) is 9.59 Å². The Bertz CT molecular complexity index is 376. The summed E-state index contributed by atoms with van der Waals surface area (Å²) in [7, 11) is 1.57. The number of nitrogens with one attached hydrogen (secondary N) is 2. The van der Waals surface area contributed by atoms with Crippen LogP contribution in [0.4, 0.5) is 0 Å². The Morgan fingerprint density at radius 3 is 2.41 bits per heavy atom. The topological polar surface area (TPSA) is 58.2 Å². The Morgan fingerprint density at radius 1 is 1.24 bits per heavy atom. The Hall–Kier alpha value is -1.84. The summed E-state index contributed by atoms with van der Waals surface area (Å²) in [4.78, 5) is 23.0. The zero-order valence-corrected chi connectivity index (χ0v) is 10.2. The molecule has 0 bridgehead atoms. The maximum Gasteiger partial charge on any atom is 0.242 e. The van der Waals surface area contributed by atoms with Crippen molar-refractivity contribution in [2.45, 2.75) is 25.8 Å². The maximum atomic E-state index is 11.6. The van der Waals surface area contributed by atoms with Crippen molar-refractivity contribution in [3.05, 3.63) is 35.9 Å². The van der Waals surface area contributed by atoms with E-state index in [2.05, 4.69) is 10.6 Å². The summed E-state index contributed by atoms with van der Waals surface area (Å²) < 4.78 is 0. The molecule has 17 heavy (non-hydrogen) atoms. The minimum absolute atomic E-state index is 0.116. The van der Waals surface area contributed by atoms with E-state index in [1.54, 1.807) is 14.0 Å². The molecule has 0 aromatic heterocycles. The van der Waals surface area contributed by atoms with E-state index in [0.717, 1.165) is 5.56 Å². The minimum Gasteiger partial charge on any atom is -0.357 e. The molecule has 1 aromatic rings. The van der Waals surface area contributed by atoms with Crippen LogP contribution in [-0.2, 0) is 16.0 Å².